The van der Waals surface area contributed by atoms with E-state index in [1.165, 1.54) is 12.0 Å². The number of amides is 1. The van der Waals surface area contributed by atoms with Crippen molar-refractivity contribution in [3.05, 3.63) is 59.8 Å². The lowest BCUT2D eigenvalue weighted by Crippen LogP contribution is -2.42. The van der Waals surface area contributed by atoms with E-state index >= 15 is 0 Å². The minimum atomic E-state index is 0.150. The quantitative estimate of drug-likeness (QED) is 0.434. The Hall–Kier alpha value is -2.66. The van der Waals surface area contributed by atoms with E-state index in [1.54, 1.807) is 11.3 Å². The molecule has 0 aliphatic carbocycles. The molecular weight excluding hydrogens is 378 g/mol. The molecule has 1 aliphatic rings. The molecule has 0 spiro atoms. The van der Waals surface area contributed by atoms with Gasteiger partial charge in [0.25, 0.3) is 5.91 Å². The van der Waals surface area contributed by atoms with Gasteiger partial charge in [0, 0.05) is 30.4 Å². The molecule has 2 aromatic carbocycles. The normalized spacial score (nSPS) is 19.9. The zero-order valence-corrected chi connectivity index (χ0v) is 17.9. The second kappa shape index (κ2) is 6.99. The Morgan fingerprint density at radius 1 is 1.07 bits per heavy atom. The number of benzene rings is 2. The van der Waals surface area contributed by atoms with Crippen LogP contribution in [0.4, 0.5) is 0 Å². The van der Waals surface area contributed by atoms with E-state index in [0.717, 1.165) is 45.1 Å². The van der Waals surface area contributed by atoms with Crippen molar-refractivity contribution in [3.8, 4) is 11.3 Å². The van der Waals surface area contributed by atoms with Gasteiger partial charge in [-0.25, -0.2) is 4.98 Å². The van der Waals surface area contributed by atoms with Gasteiger partial charge in [-0.1, -0.05) is 55.0 Å². The summed E-state index contributed by atoms with van der Waals surface area (Å²) in [6.07, 6.45) is 3.29. The third-order valence-electron chi connectivity index (χ3n) is 5.84. The Bertz CT molecular complexity index is 1190. The van der Waals surface area contributed by atoms with Crippen LogP contribution in [0.3, 0.4) is 0 Å². The van der Waals surface area contributed by atoms with Crippen LogP contribution in [0.1, 0.15) is 36.2 Å². The van der Waals surface area contributed by atoms with Crippen LogP contribution in [-0.4, -0.2) is 33.3 Å². The van der Waals surface area contributed by atoms with Crippen molar-refractivity contribution < 1.29 is 4.79 Å². The molecule has 1 saturated heterocycles. The van der Waals surface area contributed by atoms with Gasteiger partial charge in [0.15, 0.2) is 4.96 Å². The number of hydrogen-bond acceptors (Lipinski definition) is 3. The molecule has 2 aromatic heterocycles. The standard InChI is InChI=1S/C24H25N3OS/c1-15-4-6-18(7-5-15)20-14-27-21-9-8-19(11-22(21)29-24(27)25-20)23(28)26-12-16(2)10-17(3)13-26/h4-9,11,14,16-17H,10,12-13H2,1-3H3/t16-,17-/m0/s1. The van der Waals surface area contributed by atoms with Crippen LogP contribution in [-0.2, 0) is 0 Å². The highest BCUT2D eigenvalue weighted by Gasteiger charge is 2.26. The van der Waals surface area contributed by atoms with Gasteiger partial charge in [-0.15, -0.1) is 0 Å². The Kier molecular flexibility index (Phi) is 4.43. The lowest BCUT2D eigenvalue weighted by Gasteiger charge is -2.35. The van der Waals surface area contributed by atoms with E-state index in [4.69, 9.17) is 4.98 Å². The fraction of sp³-hybridized carbons (Fsp3) is 0.333. The summed E-state index contributed by atoms with van der Waals surface area (Å²) in [7, 11) is 0. The number of likely N-dealkylation sites (tertiary alicyclic amines) is 1. The van der Waals surface area contributed by atoms with Crippen molar-refractivity contribution in [3.63, 3.8) is 0 Å². The largest absolute Gasteiger partial charge is 0.338 e. The molecule has 1 aliphatic heterocycles. The summed E-state index contributed by atoms with van der Waals surface area (Å²) in [6, 6.07) is 14.5. The van der Waals surface area contributed by atoms with Crippen LogP contribution in [0.15, 0.2) is 48.7 Å². The van der Waals surface area contributed by atoms with Crippen molar-refractivity contribution in [1.82, 2.24) is 14.3 Å². The third-order valence-corrected chi connectivity index (χ3v) is 6.86. The summed E-state index contributed by atoms with van der Waals surface area (Å²) in [4.78, 5) is 20.9. The van der Waals surface area contributed by atoms with E-state index in [1.807, 2.05) is 17.0 Å². The first-order chi connectivity index (χ1) is 14.0. The molecule has 3 heterocycles. The molecular formula is C24H25N3OS. The van der Waals surface area contributed by atoms with Gasteiger partial charge < -0.3 is 4.90 Å². The topological polar surface area (TPSA) is 37.6 Å². The predicted molar refractivity (Wildman–Crippen MR) is 120 cm³/mol. The van der Waals surface area contributed by atoms with Crippen LogP contribution >= 0.6 is 11.3 Å². The minimum absolute atomic E-state index is 0.150. The summed E-state index contributed by atoms with van der Waals surface area (Å²) in [5.41, 5.74) is 5.24. The average molecular weight is 404 g/mol. The number of aromatic nitrogens is 2. The van der Waals surface area contributed by atoms with Crippen LogP contribution < -0.4 is 0 Å². The lowest BCUT2D eigenvalue weighted by atomic mass is 9.91. The van der Waals surface area contributed by atoms with E-state index in [2.05, 4.69) is 61.7 Å². The summed E-state index contributed by atoms with van der Waals surface area (Å²) in [5.74, 6) is 1.28. The Morgan fingerprint density at radius 2 is 1.79 bits per heavy atom. The Morgan fingerprint density at radius 3 is 2.52 bits per heavy atom. The maximum absolute atomic E-state index is 13.1. The van der Waals surface area contributed by atoms with Crippen LogP contribution in [0.25, 0.3) is 26.4 Å². The lowest BCUT2D eigenvalue weighted by molar-refractivity contribution is 0.0623. The number of fused-ring (bicyclic) bond motifs is 3. The summed E-state index contributed by atoms with van der Waals surface area (Å²) in [6.45, 7) is 8.27. The molecule has 148 valence electrons. The number of rotatable bonds is 2. The van der Waals surface area contributed by atoms with E-state index in [9.17, 15) is 4.79 Å². The SMILES string of the molecule is Cc1ccc(-c2cn3c(n2)sc2cc(C(=O)N4C[C@@H](C)C[C@H](C)C4)ccc23)cc1. The molecule has 1 amide bonds. The maximum atomic E-state index is 13.1. The second-order valence-corrected chi connectivity index (χ2v) is 9.59. The number of carbonyl (C=O) groups excluding carboxylic acids is 1. The molecule has 5 heteroatoms. The number of hydrogen-bond donors (Lipinski definition) is 0. The van der Waals surface area contributed by atoms with Crippen molar-refractivity contribution in [2.45, 2.75) is 27.2 Å². The van der Waals surface area contributed by atoms with Crippen molar-refractivity contribution >= 4 is 32.4 Å². The van der Waals surface area contributed by atoms with E-state index < -0.39 is 0 Å². The Balaban J connectivity index is 1.48. The molecule has 4 nitrogen and oxygen atoms in total. The van der Waals surface area contributed by atoms with E-state index in [-0.39, 0.29) is 5.91 Å². The summed E-state index contributed by atoms with van der Waals surface area (Å²) >= 11 is 1.64. The second-order valence-electron chi connectivity index (χ2n) is 8.59. The van der Waals surface area contributed by atoms with Gasteiger partial charge in [0.2, 0.25) is 0 Å². The molecule has 4 aromatic rings. The van der Waals surface area contributed by atoms with Crippen LogP contribution in [0.5, 0.6) is 0 Å². The van der Waals surface area contributed by atoms with Crippen LogP contribution in [0, 0.1) is 18.8 Å². The number of nitrogens with zero attached hydrogens (tertiary/aromatic N) is 3. The highest BCUT2D eigenvalue weighted by Crippen LogP contribution is 2.31. The molecule has 0 bridgehead atoms. The van der Waals surface area contributed by atoms with Gasteiger partial charge in [-0.05, 0) is 43.4 Å². The first-order valence-corrected chi connectivity index (χ1v) is 11.1. The molecule has 5 rings (SSSR count). The summed E-state index contributed by atoms with van der Waals surface area (Å²) in [5, 5.41) is 0. The fourth-order valence-corrected chi connectivity index (χ4v) is 5.56. The minimum Gasteiger partial charge on any atom is -0.338 e. The van der Waals surface area contributed by atoms with Crippen LogP contribution in [0.2, 0.25) is 0 Å². The first kappa shape index (κ1) is 18.4. The maximum Gasteiger partial charge on any atom is 0.253 e. The van der Waals surface area contributed by atoms with Crippen molar-refractivity contribution in [2.75, 3.05) is 13.1 Å². The highest BCUT2D eigenvalue weighted by atomic mass is 32.1. The first-order valence-electron chi connectivity index (χ1n) is 10.3. The Labute approximate surface area is 174 Å². The zero-order chi connectivity index (χ0) is 20.1. The monoisotopic (exact) mass is 403 g/mol. The van der Waals surface area contributed by atoms with Crippen molar-refractivity contribution in [1.29, 1.82) is 0 Å². The van der Waals surface area contributed by atoms with Crippen molar-refractivity contribution in [2.24, 2.45) is 11.8 Å². The molecule has 0 unspecified atom stereocenters. The van der Waals surface area contributed by atoms with Gasteiger partial charge in [0.05, 0.1) is 15.9 Å². The fourth-order valence-electron chi connectivity index (χ4n) is 4.51. The number of aryl methyl sites for hydroxylation is 1. The van der Waals surface area contributed by atoms with Gasteiger partial charge in [-0.3, -0.25) is 9.20 Å². The number of carbonyl (C=O) groups is 1. The van der Waals surface area contributed by atoms with Gasteiger partial charge in [-0.2, -0.15) is 0 Å². The van der Waals surface area contributed by atoms with Gasteiger partial charge >= 0.3 is 0 Å². The smallest absolute Gasteiger partial charge is 0.253 e. The van der Waals surface area contributed by atoms with E-state index in [0.29, 0.717) is 11.8 Å². The highest BCUT2D eigenvalue weighted by molar-refractivity contribution is 7.23. The number of thiazole rings is 1. The summed E-state index contributed by atoms with van der Waals surface area (Å²) < 4.78 is 3.24. The van der Waals surface area contributed by atoms with Gasteiger partial charge in [0.1, 0.15) is 0 Å². The average Bonchev–Trinajstić information content (AvgIpc) is 3.24. The predicted octanol–water partition coefficient (Wildman–Crippen LogP) is 5.64. The zero-order valence-electron chi connectivity index (χ0n) is 17.1. The number of imidazole rings is 1. The third kappa shape index (κ3) is 3.33. The molecule has 29 heavy (non-hydrogen) atoms. The molecule has 0 saturated carbocycles. The molecule has 2 atom stereocenters. The molecule has 0 radical (unpaired) electrons. The molecule has 1 fully saturated rings. The molecule has 0 N–H and O–H groups in total. The number of piperidine rings is 1.